The van der Waals surface area contributed by atoms with Crippen LogP contribution in [0.2, 0.25) is 0 Å². The van der Waals surface area contributed by atoms with Gasteiger partial charge in [0.1, 0.15) is 11.6 Å². The molecule has 9 nitrogen and oxygen atoms in total. The molecule has 2 aliphatic heterocycles. The number of hydrogen-bond acceptors (Lipinski definition) is 5. The zero-order valence-electron chi connectivity index (χ0n) is 17.4. The molecule has 0 bridgehead atoms. The van der Waals surface area contributed by atoms with Gasteiger partial charge < -0.3 is 19.5 Å². The number of rotatable bonds is 3. The molecule has 30 heavy (non-hydrogen) atoms. The van der Waals surface area contributed by atoms with E-state index in [-0.39, 0.29) is 29.4 Å². The molecule has 1 aromatic heterocycles. The summed E-state index contributed by atoms with van der Waals surface area (Å²) in [6.45, 7) is 5.04. The number of imide groups is 1. The van der Waals surface area contributed by atoms with E-state index in [9.17, 15) is 19.2 Å². The van der Waals surface area contributed by atoms with Crippen molar-refractivity contribution in [3.8, 4) is 0 Å². The van der Waals surface area contributed by atoms with Gasteiger partial charge in [-0.25, -0.2) is 9.69 Å². The predicted octanol–water partition coefficient (Wildman–Crippen LogP) is 1.45. The van der Waals surface area contributed by atoms with Crippen molar-refractivity contribution in [3.05, 3.63) is 24.2 Å². The van der Waals surface area contributed by atoms with Gasteiger partial charge in [-0.1, -0.05) is 19.8 Å². The first-order valence-electron chi connectivity index (χ1n) is 10.6. The number of piperazine rings is 1. The van der Waals surface area contributed by atoms with Gasteiger partial charge in [-0.2, -0.15) is 0 Å². The first-order chi connectivity index (χ1) is 14.3. The summed E-state index contributed by atoms with van der Waals surface area (Å²) in [5.41, 5.74) is -0.877. The maximum atomic E-state index is 13.2. The number of nitrogens with zero attached hydrogens (tertiary/aromatic N) is 3. The Morgan fingerprint density at radius 2 is 1.87 bits per heavy atom. The van der Waals surface area contributed by atoms with Gasteiger partial charge in [0.05, 0.1) is 6.26 Å². The fraction of sp³-hybridized carbons (Fsp3) is 0.619. The summed E-state index contributed by atoms with van der Waals surface area (Å²) in [5.74, 6) is -0.445. The number of carbonyl (C=O) groups is 4. The first kappa shape index (κ1) is 20.4. The second-order valence-corrected chi connectivity index (χ2v) is 8.49. The standard InChI is InChI=1S/C21H28N4O5/c1-14-6-3-4-8-21(14)19(28)25(20(29)22-21)15(2)17(26)23-9-11-24(12-10-23)18(27)16-7-5-13-30-16/h5,7,13-15H,3-4,6,8-12H2,1-2H3,(H,22,29)/t14-,15+,21+/m1/s1. The molecule has 4 rings (SSSR count). The quantitative estimate of drug-likeness (QED) is 0.752. The molecule has 0 unspecified atom stereocenters. The van der Waals surface area contributed by atoms with Crippen LogP contribution in [0, 0.1) is 5.92 Å². The average Bonchev–Trinajstić information content (AvgIpc) is 3.36. The van der Waals surface area contributed by atoms with Crippen molar-refractivity contribution in [2.75, 3.05) is 26.2 Å². The van der Waals surface area contributed by atoms with Crippen molar-refractivity contribution in [2.24, 2.45) is 5.92 Å². The van der Waals surface area contributed by atoms with Crippen LogP contribution in [0.15, 0.2) is 22.8 Å². The van der Waals surface area contributed by atoms with Crippen molar-refractivity contribution in [3.63, 3.8) is 0 Å². The van der Waals surface area contributed by atoms with E-state index in [1.54, 1.807) is 28.9 Å². The molecule has 3 aliphatic rings. The highest BCUT2D eigenvalue weighted by atomic mass is 16.3. The number of urea groups is 1. The van der Waals surface area contributed by atoms with E-state index in [2.05, 4.69) is 5.32 Å². The molecule has 1 aliphatic carbocycles. The Morgan fingerprint density at radius 3 is 2.50 bits per heavy atom. The largest absolute Gasteiger partial charge is 0.459 e. The second-order valence-electron chi connectivity index (χ2n) is 8.49. The minimum Gasteiger partial charge on any atom is -0.459 e. The number of carbonyl (C=O) groups excluding carboxylic acids is 4. The molecule has 0 radical (unpaired) electrons. The van der Waals surface area contributed by atoms with Crippen LogP contribution in [-0.4, -0.2) is 76.2 Å². The molecule has 2 saturated heterocycles. The molecule has 1 N–H and O–H groups in total. The van der Waals surface area contributed by atoms with Gasteiger partial charge in [-0.3, -0.25) is 14.4 Å². The zero-order chi connectivity index (χ0) is 21.5. The first-order valence-corrected chi connectivity index (χ1v) is 10.6. The van der Waals surface area contributed by atoms with Crippen molar-refractivity contribution >= 4 is 23.8 Å². The Labute approximate surface area is 175 Å². The van der Waals surface area contributed by atoms with Crippen LogP contribution in [-0.2, 0) is 9.59 Å². The third-order valence-corrected chi connectivity index (χ3v) is 6.80. The Balaban J connectivity index is 1.40. The molecule has 1 aromatic rings. The number of hydrogen-bond donors (Lipinski definition) is 1. The third-order valence-electron chi connectivity index (χ3n) is 6.80. The minimum absolute atomic E-state index is 0.0474. The lowest BCUT2D eigenvalue weighted by Crippen LogP contribution is -2.57. The van der Waals surface area contributed by atoms with Gasteiger partial charge in [-0.15, -0.1) is 0 Å². The maximum Gasteiger partial charge on any atom is 0.325 e. The lowest BCUT2D eigenvalue weighted by molar-refractivity contribution is -0.145. The van der Waals surface area contributed by atoms with Crippen LogP contribution in [0.5, 0.6) is 0 Å². The van der Waals surface area contributed by atoms with E-state index in [0.29, 0.717) is 32.6 Å². The van der Waals surface area contributed by atoms with E-state index in [4.69, 9.17) is 4.42 Å². The normalized spacial score (nSPS) is 28.1. The van der Waals surface area contributed by atoms with Gasteiger partial charge in [0.15, 0.2) is 5.76 Å². The molecular weight excluding hydrogens is 388 g/mol. The lowest BCUT2D eigenvalue weighted by atomic mass is 9.73. The molecular formula is C21H28N4O5. The molecule has 162 valence electrons. The van der Waals surface area contributed by atoms with E-state index in [1.165, 1.54) is 6.26 Å². The van der Waals surface area contributed by atoms with E-state index >= 15 is 0 Å². The Bertz CT molecular complexity index is 846. The molecule has 0 aromatic carbocycles. The van der Waals surface area contributed by atoms with Crippen LogP contribution in [0.4, 0.5) is 4.79 Å². The molecule has 3 heterocycles. The van der Waals surface area contributed by atoms with Gasteiger partial charge in [0.2, 0.25) is 5.91 Å². The number of nitrogens with one attached hydrogen (secondary N) is 1. The summed E-state index contributed by atoms with van der Waals surface area (Å²) >= 11 is 0. The second kappa shape index (κ2) is 7.77. The Morgan fingerprint density at radius 1 is 1.17 bits per heavy atom. The lowest BCUT2D eigenvalue weighted by Gasteiger charge is -2.38. The summed E-state index contributed by atoms with van der Waals surface area (Å²) in [6.07, 6.45) is 4.88. The van der Waals surface area contributed by atoms with Crippen LogP contribution in [0.3, 0.4) is 0 Å². The van der Waals surface area contributed by atoms with Crippen LogP contribution < -0.4 is 5.32 Å². The summed E-state index contributed by atoms with van der Waals surface area (Å²) in [4.78, 5) is 55.7. The molecule has 3 fully saturated rings. The average molecular weight is 416 g/mol. The van der Waals surface area contributed by atoms with Gasteiger partial charge in [0, 0.05) is 26.2 Å². The molecule has 1 spiro atoms. The molecule has 5 amide bonds. The Hall–Kier alpha value is -2.84. The van der Waals surface area contributed by atoms with Crippen LogP contribution >= 0.6 is 0 Å². The fourth-order valence-corrected chi connectivity index (χ4v) is 4.87. The predicted molar refractivity (Wildman–Crippen MR) is 106 cm³/mol. The maximum absolute atomic E-state index is 13.2. The molecule has 1 saturated carbocycles. The van der Waals surface area contributed by atoms with Gasteiger partial charge >= 0.3 is 6.03 Å². The summed E-state index contributed by atoms with van der Waals surface area (Å²) < 4.78 is 5.16. The minimum atomic E-state index is -0.877. The van der Waals surface area contributed by atoms with Crippen molar-refractivity contribution in [1.82, 2.24) is 20.0 Å². The molecule has 9 heteroatoms. The van der Waals surface area contributed by atoms with Crippen molar-refractivity contribution in [1.29, 1.82) is 0 Å². The highest BCUT2D eigenvalue weighted by Gasteiger charge is 2.57. The smallest absolute Gasteiger partial charge is 0.325 e. The zero-order valence-corrected chi connectivity index (χ0v) is 17.4. The topological polar surface area (TPSA) is 103 Å². The SMILES string of the molecule is C[C@@H]1CCCC[C@]12NC(=O)N([C@@H](C)C(=O)N1CCN(C(=O)c3ccco3)CC1)C2=O. The van der Waals surface area contributed by atoms with E-state index in [0.717, 1.165) is 24.2 Å². The van der Waals surface area contributed by atoms with Crippen LogP contribution in [0.1, 0.15) is 50.1 Å². The van der Waals surface area contributed by atoms with E-state index < -0.39 is 17.6 Å². The summed E-state index contributed by atoms with van der Waals surface area (Å²) in [6, 6.07) is 1.91. The van der Waals surface area contributed by atoms with Crippen molar-refractivity contribution in [2.45, 2.75) is 51.1 Å². The Kier molecular flexibility index (Phi) is 5.29. The van der Waals surface area contributed by atoms with E-state index in [1.807, 2.05) is 6.92 Å². The number of furan rings is 1. The highest BCUT2D eigenvalue weighted by Crippen LogP contribution is 2.38. The van der Waals surface area contributed by atoms with Gasteiger partial charge in [0.25, 0.3) is 11.8 Å². The molecule has 3 atom stereocenters. The summed E-state index contributed by atoms with van der Waals surface area (Å²) in [7, 11) is 0. The number of amides is 5. The van der Waals surface area contributed by atoms with Crippen molar-refractivity contribution < 1.29 is 23.6 Å². The van der Waals surface area contributed by atoms with Gasteiger partial charge in [-0.05, 0) is 37.8 Å². The highest BCUT2D eigenvalue weighted by molar-refractivity contribution is 6.10. The van der Waals surface area contributed by atoms with Crippen LogP contribution in [0.25, 0.3) is 0 Å². The third kappa shape index (κ3) is 3.26. The fourth-order valence-electron chi connectivity index (χ4n) is 4.87. The summed E-state index contributed by atoms with van der Waals surface area (Å²) in [5, 5.41) is 2.90. The monoisotopic (exact) mass is 416 g/mol.